The van der Waals surface area contributed by atoms with Gasteiger partial charge < -0.3 is 25.7 Å². The molecular formula is C35H30CuFN8O18S5. The van der Waals surface area contributed by atoms with Crippen LogP contribution in [0.1, 0.15) is 10.4 Å². The van der Waals surface area contributed by atoms with Gasteiger partial charge in [0.25, 0.3) is 30.4 Å². The molecule has 6 aromatic rings. The van der Waals surface area contributed by atoms with E-state index in [2.05, 4.69) is 40.0 Å². The summed E-state index contributed by atoms with van der Waals surface area (Å²) < 4.78 is 173. The Morgan fingerprint density at radius 1 is 0.794 bits per heavy atom. The van der Waals surface area contributed by atoms with Gasteiger partial charge in [0.2, 0.25) is 11.9 Å². The minimum absolute atomic E-state index is 0. The summed E-state index contributed by atoms with van der Waals surface area (Å²) in [4.78, 5) is 21.0. The van der Waals surface area contributed by atoms with Crippen molar-refractivity contribution >= 4 is 120 Å². The number of aromatic nitrogens is 3. The van der Waals surface area contributed by atoms with Crippen LogP contribution in [0.25, 0.3) is 26.9 Å². The first kappa shape index (κ1) is 53.0. The quantitative estimate of drug-likeness (QED) is 0.0246. The zero-order chi connectivity index (χ0) is 49.2. The molecule has 0 spiro atoms. The van der Waals surface area contributed by atoms with Crippen LogP contribution in [0.5, 0.6) is 5.75 Å². The number of rotatable bonds is 19. The summed E-state index contributed by atoms with van der Waals surface area (Å²) >= 11 is -2.07. The van der Waals surface area contributed by atoms with E-state index in [1.54, 1.807) is 0 Å². The van der Waals surface area contributed by atoms with Crippen LogP contribution in [-0.2, 0) is 77.3 Å². The first-order valence-electron chi connectivity index (χ1n) is 18.0. The number of fused-ring (bicyclic) bond motifs is 2. The Kier molecular flexibility index (Phi) is 16.2. The number of halogens is 1. The largest absolute Gasteiger partial charge is 1.00 e. The molecule has 33 heteroatoms. The van der Waals surface area contributed by atoms with Crippen LogP contribution in [0.15, 0.2) is 97.7 Å². The van der Waals surface area contributed by atoms with Crippen molar-refractivity contribution in [2.24, 2.45) is 10.2 Å². The molecule has 0 amide bonds. The minimum atomic E-state index is -5.49. The van der Waals surface area contributed by atoms with Gasteiger partial charge in [-0.15, -0.1) is 16.5 Å². The van der Waals surface area contributed by atoms with Gasteiger partial charge in [0, 0.05) is 46.4 Å². The number of nitrogens with one attached hydrogen (secondary N) is 1. The molecule has 6 rings (SSSR count). The first-order chi connectivity index (χ1) is 31.2. The van der Waals surface area contributed by atoms with Crippen LogP contribution in [0.3, 0.4) is 0 Å². The molecule has 68 heavy (non-hydrogen) atoms. The van der Waals surface area contributed by atoms with Crippen LogP contribution < -0.4 is 10.2 Å². The van der Waals surface area contributed by atoms with E-state index in [0.717, 1.165) is 17.0 Å². The van der Waals surface area contributed by atoms with E-state index >= 15 is 0 Å². The number of carbonyl (C=O) groups is 1. The Labute approximate surface area is 396 Å². The molecule has 0 saturated carbocycles. The van der Waals surface area contributed by atoms with E-state index in [-0.39, 0.29) is 57.1 Å². The van der Waals surface area contributed by atoms with Crippen molar-refractivity contribution in [3.8, 4) is 5.75 Å². The summed E-state index contributed by atoms with van der Waals surface area (Å²) in [5.74, 6) is -4.01. The molecule has 1 atom stereocenters. The predicted molar refractivity (Wildman–Crippen MR) is 232 cm³/mol. The third-order valence-corrected chi connectivity index (χ3v) is 12.9. The smallest absolute Gasteiger partial charge is 0.655 e. The summed E-state index contributed by atoms with van der Waals surface area (Å²) in [7, 11) is -19.4. The van der Waals surface area contributed by atoms with E-state index in [1.165, 1.54) is 55.6 Å². The molecule has 7 N–H and O–H groups in total. The number of nitrogens with zero attached hydrogens (tertiary/aromatic N) is 7. The van der Waals surface area contributed by atoms with E-state index in [1.807, 2.05) is 0 Å². The minimum Gasteiger partial charge on any atom is -0.655 e. The summed E-state index contributed by atoms with van der Waals surface area (Å²) in [5.41, 5.74) is -2.80. The fraction of sp³-hybridized carbons (Fsp3) is 0.143. The normalized spacial score (nSPS) is 12.8. The Bertz CT molecular complexity index is 3500. The molecule has 0 saturated heterocycles. The molecule has 366 valence electrons. The van der Waals surface area contributed by atoms with Gasteiger partial charge in [-0.25, -0.2) is 13.2 Å². The number of hydrogen-bond donors (Lipinski definition) is 7. The van der Waals surface area contributed by atoms with Gasteiger partial charge in [-0.05, 0) is 24.3 Å². The van der Waals surface area contributed by atoms with Crippen LogP contribution >= 0.6 is 0 Å². The topological polar surface area (TPSA) is 403 Å². The standard InChI is InChI=1S/C35H31FN8O18S5.Cu/c1-44(10-13-63(48)61-11-12-62-67(58,59)60)35-40-33(36)39-34(41-35)37-18-14-22-27(65(52,53)54)17-25(31(45)29(22)28(15-18)66(55,56)57)42-43-30-20-7-3-2-6-19(20)26(64(49,50)51)16-24(30)38-23-9-5-4-8-21(23)32(46)47;/h2-9,14-17H,10-13H2,1H3,(H8,37,38,39,40,41,42,43,45,46,47,49,50,51,52,53,54,55,56,57,58,59,60);/q;+1/p-1. The molecule has 0 fully saturated rings. The maximum atomic E-state index is 14.7. The molecule has 0 radical (unpaired) electrons. The number of benzene rings is 5. The average molecular weight is 1090 g/mol. The van der Waals surface area contributed by atoms with Gasteiger partial charge in [0.1, 0.15) is 20.4 Å². The van der Waals surface area contributed by atoms with Crippen LogP contribution in [0.4, 0.5) is 44.7 Å². The fourth-order valence-electron chi connectivity index (χ4n) is 6.05. The second-order valence-corrected chi connectivity index (χ2v) is 19.9. The van der Waals surface area contributed by atoms with E-state index in [0.29, 0.717) is 12.1 Å². The van der Waals surface area contributed by atoms with Gasteiger partial charge in [-0.2, -0.15) is 58.1 Å². The molecule has 0 aliphatic rings. The zero-order valence-electron chi connectivity index (χ0n) is 33.7. The van der Waals surface area contributed by atoms with E-state index in [4.69, 9.17) is 8.74 Å². The van der Waals surface area contributed by atoms with E-state index < -0.39 is 137 Å². The third-order valence-electron chi connectivity index (χ3n) is 8.86. The fourth-order valence-corrected chi connectivity index (χ4v) is 9.28. The van der Waals surface area contributed by atoms with Crippen LogP contribution in [0, 0.1) is 6.08 Å². The van der Waals surface area contributed by atoms with Crippen molar-refractivity contribution in [2.45, 2.75) is 14.7 Å². The van der Waals surface area contributed by atoms with E-state index in [9.17, 15) is 70.9 Å². The van der Waals surface area contributed by atoms with Crippen LogP contribution in [0.2, 0.25) is 0 Å². The predicted octanol–water partition coefficient (Wildman–Crippen LogP) is 4.89. The van der Waals surface area contributed by atoms with Gasteiger partial charge >= 0.3 is 39.5 Å². The van der Waals surface area contributed by atoms with Gasteiger partial charge in [0.05, 0.1) is 24.7 Å². The van der Waals surface area contributed by atoms with Gasteiger partial charge in [-0.1, -0.05) is 48.5 Å². The molecule has 0 bridgehead atoms. The summed E-state index contributed by atoms with van der Waals surface area (Å²) in [6, 6.07) is 13.4. The molecular weight excluding hydrogens is 1060 g/mol. The monoisotopic (exact) mass is 1090 g/mol. The molecule has 1 unspecified atom stereocenters. The molecule has 1 heterocycles. The second kappa shape index (κ2) is 20.7. The number of aromatic carboxylic acids is 1. The number of anilines is 3. The molecule has 1 aromatic heterocycles. The molecule has 0 aliphatic carbocycles. The first-order valence-corrected chi connectivity index (χ1v) is 24.9. The third kappa shape index (κ3) is 12.8. The van der Waals surface area contributed by atoms with Gasteiger partial charge in [0.15, 0.2) is 16.8 Å². The summed E-state index contributed by atoms with van der Waals surface area (Å²) in [6.45, 7) is -1.37. The van der Waals surface area contributed by atoms with Crippen LogP contribution in [-0.4, -0.2) is 120 Å². The zero-order valence-corrected chi connectivity index (χ0v) is 38.7. The molecule has 0 aliphatic heterocycles. The number of hydrogen-bond acceptors (Lipinski definition) is 20. The second-order valence-electron chi connectivity index (χ2n) is 13.3. The number of carboxylic acid groups (broad SMARTS) is 1. The number of phenols is 1. The Morgan fingerprint density at radius 3 is 2.04 bits per heavy atom. The van der Waals surface area contributed by atoms with Crippen molar-refractivity contribution in [3.63, 3.8) is 0 Å². The average Bonchev–Trinajstić information content (AvgIpc) is 3.22. The van der Waals surface area contributed by atoms with Crippen molar-refractivity contribution in [1.82, 2.24) is 15.0 Å². The molecule has 26 nitrogen and oxygen atoms in total. The SMILES string of the molecule is CN(CCS(=O)OCCOS(=O)(=O)O)c1nc(F)nc(Nc2cc(S(=O)(=O)O)c3c(O)c(N=Nc4c([N-]c5ccccc5C(=O)O)cc(S(=O)(=O)O)c5ccccc45)cc(S(=O)(=O)O)c3c2)n1.[Cu+]. The van der Waals surface area contributed by atoms with Gasteiger partial charge in [-0.3, -0.25) is 22.4 Å². The molecule has 5 aromatic carbocycles. The van der Waals surface area contributed by atoms with Crippen molar-refractivity contribution in [3.05, 3.63) is 89.8 Å². The van der Waals surface area contributed by atoms with Crippen molar-refractivity contribution in [1.29, 1.82) is 0 Å². The number of para-hydroxylation sites is 1. The maximum Gasteiger partial charge on any atom is 1.00 e. The number of aromatic hydroxyl groups is 1. The Hall–Kier alpha value is -5.94. The number of phenolic OH excluding ortho intramolecular Hbond substituents is 1. The maximum absolute atomic E-state index is 14.7. The summed E-state index contributed by atoms with van der Waals surface area (Å²) in [6.07, 6.45) is -1.43. The number of carboxylic acids is 1. The Morgan fingerprint density at radius 2 is 1.41 bits per heavy atom. The summed E-state index contributed by atoms with van der Waals surface area (Å²) in [5, 5.41) is 33.9. The number of azo groups is 1. The Balaban J connectivity index is 0.00000864. The van der Waals surface area contributed by atoms with Crippen molar-refractivity contribution < 1.29 is 101 Å². The van der Waals surface area contributed by atoms with Crippen molar-refractivity contribution in [2.75, 3.05) is 42.8 Å².